The predicted molar refractivity (Wildman–Crippen MR) is 95.2 cm³/mol. The number of carbonyl (C=O) groups excluding carboxylic acids is 2. The van der Waals surface area contributed by atoms with Gasteiger partial charge in [-0.3, -0.25) is 4.79 Å². The maximum absolute atomic E-state index is 12.0. The second kappa shape index (κ2) is 8.87. The van der Waals surface area contributed by atoms with Gasteiger partial charge in [-0.25, -0.2) is 4.79 Å². The number of carbonyl (C=O) groups is 2. The first-order chi connectivity index (χ1) is 12.0. The number of aryl methyl sites for hydroxylation is 1. The highest BCUT2D eigenvalue weighted by atomic mass is 16.6. The quantitative estimate of drug-likeness (QED) is 0.786. The summed E-state index contributed by atoms with van der Waals surface area (Å²) in [4.78, 5) is 23.9. The lowest BCUT2D eigenvalue weighted by Gasteiger charge is -2.16. The smallest absolute Gasteiger partial charge is 0.347 e. The summed E-state index contributed by atoms with van der Waals surface area (Å²) in [5.41, 5.74) is 2.02. The Bertz CT molecular complexity index is 715. The van der Waals surface area contributed by atoms with Gasteiger partial charge in [0.2, 0.25) is 0 Å². The van der Waals surface area contributed by atoms with Gasteiger partial charge in [-0.15, -0.1) is 0 Å². The number of ether oxygens (including phenoxy) is 2. The van der Waals surface area contributed by atoms with Gasteiger partial charge in [0.05, 0.1) is 6.04 Å². The van der Waals surface area contributed by atoms with E-state index < -0.39 is 12.1 Å². The van der Waals surface area contributed by atoms with Crippen LogP contribution >= 0.6 is 0 Å². The van der Waals surface area contributed by atoms with Gasteiger partial charge in [-0.1, -0.05) is 42.5 Å². The third-order valence-corrected chi connectivity index (χ3v) is 3.66. The Balaban J connectivity index is 1.77. The Hall–Kier alpha value is -2.82. The number of hydrogen-bond donors (Lipinski definition) is 1. The lowest BCUT2D eigenvalue weighted by atomic mass is 10.1. The Morgan fingerprint density at radius 1 is 1.04 bits per heavy atom. The molecule has 0 saturated carbocycles. The van der Waals surface area contributed by atoms with Gasteiger partial charge in [0.1, 0.15) is 5.75 Å². The maximum atomic E-state index is 12.0. The summed E-state index contributed by atoms with van der Waals surface area (Å²) in [7, 11) is 0. The molecule has 0 fully saturated rings. The molecule has 132 valence electrons. The van der Waals surface area contributed by atoms with E-state index in [-0.39, 0.29) is 18.6 Å². The molecule has 0 aliphatic carbocycles. The molecule has 1 amide bonds. The van der Waals surface area contributed by atoms with Crippen LogP contribution < -0.4 is 10.1 Å². The van der Waals surface area contributed by atoms with Gasteiger partial charge in [0, 0.05) is 0 Å². The van der Waals surface area contributed by atoms with Gasteiger partial charge in [0.25, 0.3) is 5.91 Å². The molecule has 5 heteroatoms. The van der Waals surface area contributed by atoms with Gasteiger partial charge >= 0.3 is 5.97 Å². The molecule has 0 aliphatic heterocycles. The molecule has 0 aliphatic rings. The van der Waals surface area contributed by atoms with Crippen LogP contribution in [-0.4, -0.2) is 24.6 Å². The number of hydrogen-bond acceptors (Lipinski definition) is 4. The number of esters is 1. The second-order valence-electron chi connectivity index (χ2n) is 5.88. The molecular weight excluding hydrogens is 318 g/mol. The van der Waals surface area contributed by atoms with E-state index in [4.69, 9.17) is 9.47 Å². The minimum atomic E-state index is -0.791. The van der Waals surface area contributed by atoms with Crippen molar-refractivity contribution in [3.05, 3.63) is 65.7 Å². The second-order valence-corrected chi connectivity index (χ2v) is 5.88. The highest BCUT2D eigenvalue weighted by Gasteiger charge is 2.18. The molecular formula is C20H23NO4. The molecule has 0 radical (unpaired) electrons. The van der Waals surface area contributed by atoms with Gasteiger partial charge in [-0.2, -0.15) is 0 Å². The first-order valence-corrected chi connectivity index (χ1v) is 8.20. The summed E-state index contributed by atoms with van der Waals surface area (Å²) in [6.07, 6.45) is -0.791. The van der Waals surface area contributed by atoms with Crippen LogP contribution in [0.2, 0.25) is 0 Å². The van der Waals surface area contributed by atoms with E-state index >= 15 is 0 Å². The minimum Gasteiger partial charge on any atom is -0.479 e. The Labute approximate surface area is 148 Å². The SMILES string of the molecule is Cc1cccc(O[C@@H](C)C(=O)OCC(=O)N[C@@H](C)c2ccccc2)c1. The van der Waals surface area contributed by atoms with E-state index in [2.05, 4.69) is 5.32 Å². The fourth-order valence-corrected chi connectivity index (χ4v) is 2.30. The molecule has 2 aromatic carbocycles. The Morgan fingerprint density at radius 3 is 2.44 bits per heavy atom. The van der Waals surface area contributed by atoms with E-state index in [0.717, 1.165) is 11.1 Å². The third-order valence-electron chi connectivity index (χ3n) is 3.66. The maximum Gasteiger partial charge on any atom is 0.347 e. The van der Waals surface area contributed by atoms with Crippen LogP contribution in [-0.2, 0) is 14.3 Å². The monoisotopic (exact) mass is 341 g/mol. The number of benzene rings is 2. The van der Waals surface area contributed by atoms with Crippen LogP contribution in [0, 0.1) is 6.92 Å². The van der Waals surface area contributed by atoms with Crippen molar-refractivity contribution in [2.24, 2.45) is 0 Å². The van der Waals surface area contributed by atoms with Crippen molar-refractivity contribution >= 4 is 11.9 Å². The average molecular weight is 341 g/mol. The summed E-state index contributed by atoms with van der Waals surface area (Å²) in [5, 5.41) is 2.79. The molecule has 0 aromatic heterocycles. The first kappa shape index (κ1) is 18.5. The molecule has 2 rings (SSSR count). The van der Waals surface area contributed by atoms with Crippen molar-refractivity contribution in [2.75, 3.05) is 6.61 Å². The van der Waals surface area contributed by atoms with Crippen LogP contribution in [0.15, 0.2) is 54.6 Å². The fourth-order valence-electron chi connectivity index (χ4n) is 2.30. The topological polar surface area (TPSA) is 64.6 Å². The lowest BCUT2D eigenvalue weighted by Crippen LogP contribution is -2.34. The van der Waals surface area contributed by atoms with Crippen molar-refractivity contribution in [3.63, 3.8) is 0 Å². The van der Waals surface area contributed by atoms with Crippen LogP contribution in [0.1, 0.15) is 31.0 Å². The Kier molecular flexibility index (Phi) is 6.57. The molecule has 0 saturated heterocycles. The molecule has 0 spiro atoms. The molecule has 2 atom stereocenters. The minimum absolute atomic E-state index is 0.159. The third kappa shape index (κ3) is 5.95. The molecule has 0 heterocycles. The van der Waals surface area contributed by atoms with Gasteiger partial charge in [0.15, 0.2) is 12.7 Å². The van der Waals surface area contributed by atoms with Crippen LogP contribution in [0.4, 0.5) is 0 Å². The summed E-state index contributed by atoms with van der Waals surface area (Å²) in [6, 6.07) is 16.8. The molecule has 5 nitrogen and oxygen atoms in total. The summed E-state index contributed by atoms with van der Waals surface area (Å²) >= 11 is 0. The summed E-state index contributed by atoms with van der Waals surface area (Å²) in [6.45, 7) is 5.07. The van der Waals surface area contributed by atoms with Crippen LogP contribution in [0.25, 0.3) is 0 Å². The largest absolute Gasteiger partial charge is 0.479 e. The van der Waals surface area contributed by atoms with Crippen molar-refractivity contribution in [1.82, 2.24) is 5.32 Å². The molecule has 0 bridgehead atoms. The number of nitrogens with one attached hydrogen (secondary N) is 1. The van der Waals surface area contributed by atoms with Crippen molar-refractivity contribution < 1.29 is 19.1 Å². The highest BCUT2D eigenvalue weighted by Crippen LogP contribution is 2.15. The Morgan fingerprint density at radius 2 is 1.76 bits per heavy atom. The highest BCUT2D eigenvalue weighted by molar-refractivity contribution is 5.82. The normalized spacial score (nSPS) is 12.8. The summed E-state index contributed by atoms with van der Waals surface area (Å²) < 4.78 is 10.6. The van der Waals surface area contributed by atoms with Crippen molar-refractivity contribution in [3.8, 4) is 5.75 Å². The predicted octanol–water partition coefficient (Wildman–Crippen LogP) is 3.18. The van der Waals surface area contributed by atoms with Crippen LogP contribution in [0.3, 0.4) is 0 Å². The van der Waals surface area contributed by atoms with Gasteiger partial charge < -0.3 is 14.8 Å². The zero-order valence-electron chi connectivity index (χ0n) is 14.7. The standard InChI is InChI=1S/C20H23NO4/c1-14-8-7-11-18(12-14)25-16(3)20(23)24-13-19(22)21-15(2)17-9-5-4-6-10-17/h4-12,15-16H,13H2,1-3H3,(H,21,22)/t15-,16-/m0/s1. The van der Waals surface area contributed by atoms with E-state index in [1.54, 1.807) is 13.0 Å². The first-order valence-electron chi connectivity index (χ1n) is 8.20. The fraction of sp³-hybridized carbons (Fsp3) is 0.300. The lowest BCUT2D eigenvalue weighted by molar-refractivity contribution is -0.154. The van der Waals surface area contributed by atoms with E-state index in [1.165, 1.54) is 0 Å². The summed E-state index contributed by atoms with van der Waals surface area (Å²) in [5.74, 6) is -0.344. The zero-order chi connectivity index (χ0) is 18.2. The van der Waals surface area contributed by atoms with E-state index in [1.807, 2.05) is 62.4 Å². The number of rotatable bonds is 7. The van der Waals surface area contributed by atoms with Crippen molar-refractivity contribution in [1.29, 1.82) is 0 Å². The number of amides is 1. The van der Waals surface area contributed by atoms with Crippen molar-refractivity contribution in [2.45, 2.75) is 32.9 Å². The van der Waals surface area contributed by atoms with E-state index in [0.29, 0.717) is 5.75 Å². The molecule has 25 heavy (non-hydrogen) atoms. The van der Waals surface area contributed by atoms with Crippen LogP contribution in [0.5, 0.6) is 5.75 Å². The molecule has 0 unspecified atom stereocenters. The molecule has 2 aromatic rings. The zero-order valence-corrected chi connectivity index (χ0v) is 14.7. The average Bonchev–Trinajstić information content (AvgIpc) is 2.60. The molecule has 1 N–H and O–H groups in total. The van der Waals surface area contributed by atoms with E-state index in [9.17, 15) is 9.59 Å². The van der Waals surface area contributed by atoms with Gasteiger partial charge in [-0.05, 0) is 44.0 Å².